The molecule has 0 spiro atoms. The zero-order chi connectivity index (χ0) is 11.5. The molecule has 0 aromatic carbocycles. The fourth-order valence-electron chi connectivity index (χ4n) is 1.16. The largest absolute Gasteiger partial charge is 0.409 e. The topological polar surface area (TPSA) is 100 Å². The summed E-state index contributed by atoms with van der Waals surface area (Å²) in [6.07, 6.45) is 1.42. The van der Waals surface area contributed by atoms with Gasteiger partial charge in [-0.2, -0.15) is 0 Å². The standard InChI is InChI=1S/C9H21N3O3/c1-2-8(7-9(10)12-14)11-3-5-15-6-4-13/h8,11,13-14H,2-7H2,1H3,(H2,10,12). The Kier molecular flexibility index (Phi) is 9.15. The van der Waals surface area contributed by atoms with Crippen LogP contribution in [0.5, 0.6) is 0 Å². The Balaban J connectivity index is 3.53. The SMILES string of the molecule is CCC(CC(N)=NO)NCCOCCO. The van der Waals surface area contributed by atoms with Gasteiger partial charge in [-0.15, -0.1) is 0 Å². The van der Waals surface area contributed by atoms with Gasteiger partial charge in [-0.3, -0.25) is 0 Å². The molecule has 0 bridgehead atoms. The molecule has 0 amide bonds. The summed E-state index contributed by atoms with van der Waals surface area (Å²) in [5.41, 5.74) is 5.40. The number of aliphatic hydroxyl groups is 1. The van der Waals surface area contributed by atoms with Crippen molar-refractivity contribution in [2.75, 3.05) is 26.4 Å². The third-order valence-corrected chi connectivity index (χ3v) is 1.99. The van der Waals surface area contributed by atoms with E-state index in [4.69, 9.17) is 20.8 Å². The fraction of sp³-hybridized carbons (Fsp3) is 0.889. The van der Waals surface area contributed by atoms with Gasteiger partial charge >= 0.3 is 0 Å². The lowest BCUT2D eigenvalue weighted by atomic mass is 10.1. The number of oxime groups is 1. The summed E-state index contributed by atoms with van der Waals surface area (Å²) >= 11 is 0. The number of hydrogen-bond donors (Lipinski definition) is 4. The summed E-state index contributed by atoms with van der Waals surface area (Å²) in [5, 5.41) is 23.0. The van der Waals surface area contributed by atoms with Crippen LogP contribution in [0.2, 0.25) is 0 Å². The van der Waals surface area contributed by atoms with Crippen LogP contribution < -0.4 is 11.1 Å². The van der Waals surface area contributed by atoms with E-state index in [2.05, 4.69) is 10.5 Å². The third kappa shape index (κ3) is 8.17. The molecule has 0 aromatic heterocycles. The minimum absolute atomic E-state index is 0.0430. The molecule has 6 heteroatoms. The number of nitrogens with one attached hydrogen (secondary N) is 1. The molecule has 5 N–H and O–H groups in total. The van der Waals surface area contributed by atoms with Crippen molar-refractivity contribution in [2.24, 2.45) is 10.9 Å². The van der Waals surface area contributed by atoms with Gasteiger partial charge in [0.25, 0.3) is 0 Å². The van der Waals surface area contributed by atoms with E-state index >= 15 is 0 Å². The molecular formula is C9H21N3O3. The summed E-state index contributed by atoms with van der Waals surface area (Å²) in [4.78, 5) is 0. The molecule has 0 heterocycles. The molecule has 6 nitrogen and oxygen atoms in total. The molecule has 0 rings (SSSR count). The van der Waals surface area contributed by atoms with Crippen molar-refractivity contribution in [3.63, 3.8) is 0 Å². The van der Waals surface area contributed by atoms with Crippen LogP contribution >= 0.6 is 0 Å². The monoisotopic (exact) mass is 219 g/mol. The highest BCUT2D eigenvalue weighted by atomic mass is 16.5. The van der Waals surface area contributed by atoms with Gasteiger partial charge in [0.15, 0.2) is 0 Å². The molecule has 0 aliphatic rings. The highest BCUT2D eigenvalue weighted by Crippen LogP contribution is 1.96. The number of nitrogens with zero attached hydrogens (tertiary/aromatic N) is 1. The summed E-state index contributed by atoms with van der Waals surface area (Å²) in [7, 11) is 0. The molecule has 0 aliphatic heterocycles. The number of ether oxygens (including phenoxy) is 1. The Hall–Kier alpha value is -0.850. The van der Waals surface area contributed by atoms with Crippen LogP contribution in [0.25, 0.3) is 0 Å². The van der Waals surface area contributed by atoms with E-state index in [1.807, 2.05) is 6.92 Å². The average molecular weight is 219 g/mol. The van der Waals surface area contributed by atoms with Crippen LogP contribution in [0, 0.1) is 0 Å². The predicted molar refractivity (Wildman–Crippen MR) is 58.0 cm³/mol. The van der Waals surface area contributed by atoms with Crippen molar-refractivity contribution in [2.45, 2.75) is 25.8 Å². The van der Waals surface area contributed by atoms with Gasteiger partial charge < -0.3 is 26.1 Å². The quantitative estimate of drug-likeness (QED) is 0.138. The Morgan fingerprint density at radius 3 is 2.80 bits per heavy atom. The number of nitrogens with two attached hydrogens (primary N) is 1. The highest BCUT2D eigenvalue weighted by molar-refractivity contribution is 5.80. The van der Waals surface area contributed by atoms with Crippen LogP contribution in [0.15, 0.2) is 5.16 Å². The summed E-state index contributed by atoms with van der Waals surface area (Å²) < 4.78 is 5.09. The van der Waals surface area contributed by atoms with Crippen LogP contribution in [-0.2, 0) is 4.74 Å². The normalized spacial score (nSPS) is 14.1. The second-order valence-corrected chi connectivity index (χ2v) is 3.19. The van der Waals surface area contributed by atoms with Gasteiger partial charge in [-0.1, -0.05) is 12.1 Å². The summed E-state index contributed by atoms with van der Waals surface area (Å²) in [6, 6.07) is 0.193. The Morgan fingerprint density at radius 2 is 2.27 bits per heavy atom. The van der Waals surface area contributed by atoms with Crippen molar-refractivity contribution in [1.82, 2.24) is 5.32 Å². The van der Waals surface area contributed by atoms with Gasteiger partial charge in [-0.05, 0) is 6.42 Å². The molecule has 15 heavy (non-hydrogen) atoms. The van der Waals surface area contributed by atoms with Crippen molar-refractivity contribution >= 4 is 5.84 Å². The van der Waals surface area contributed by atoms with Gasteiger partial charge in [0.1, 0.15) is 5.84 Å². The van der Waals surface area contributed by atoms with Gasteiger partial charge in [0, 0.05) is 19.0 Å². The molecule has 1 unspecified atom stereocenters. The number of aliphatic hydroxyl groups excluding tert-OH is 1. The van der Waals surface area contributed by atoms with Crippen molar-refractivity contribution < 1.29 is 15.1 Å². The first kappa shape index (κ1) is 14.2. The van der Waals surface area contributed by atoms with Gasteiger partial charge in [0.2, 0.25) is 0 Å². The summed E-state index contributed by atoms with van der Waals surface area (Å²) in [6.45, 7) is 3.67. The number of rotatable bonds is 9. The first-order valence-electron chi connectivity index (χ1n) is 5.13. The second kappa shape index (κ2) is 9.70. The lowest BCUT2D eigenvalue weighted by Crippen LogP contribution is -2.35. The van der Waals surface area contributed by atoms with Crippen LogP contribution in [0.4, 0.5) is 0 Å². The first-order chi connectivity index (χ1) is 7.24. The molecule has 0 aliphatic carbocycles. The first-order valence-corrected chi connectivity index (χ1v) is 5.13. The Morgan fingerprint density at radius 1 is 1.53 bits per heavy atom. The van der Waals surface area contributed by atoms with Crippen LogP contribution in [-0.4, -0.2) is 48.6 Å². The summed E-state index contributed by atoms with van der Waals surface area (Å²) in [5.74, 6) is 0.227. The van der Waals surface area contributed by atoms with Crippen LogP contribution in [0.3, 0.4) is 0 Å². The van der Waals surface area contributed by atoms with Crippen molar-refractivity contribution in [3.05, 3.63) is 0 Å². The average Bonchev–Trinajstić information content (AvgIpc) is 2.26. The molecule has 0 saturated heterocycles. The molecule has 0 aromatic rings. The molecule has 1 atom stereocenters. The number of hydrogen-bond acceptors (Lipinski definition) is 5. The van der Waals surface area contributed by atoms with E-state index in [-0.39, 0.29) is 18.5 Å². The fourth-order valence-corrected chi connectivity index (χ4v) is 1.16. The van der Waals surface area contributed by atoms with Gasteiger partial charge in [-0.25, -0.2) is 0 Å². The molecule has 0 fully saturated rings. The van der Waals surface area contributed by atoms with E-state index < -0.39 is 0 Å². The maximum absolute atomic E-state index is 8.47. The zero-order valence-corrected chi connectivity index (χ0v) is 9.15. The van der Waals surface area contributed by atoms with E-state index in [0.717, 1.165) is 6.42 Å². The molecular weight excluding hydrogens is 198 g/mol. The maximum Gasteiger partial charge on any atom is 0.140 e. The molecule has 0 radical (unpaired) electrons. The third-order valence-electron chi connectivity index (χ3n) is 1.99. The minimum Gasteiger partial charge on any atom is -0.409 e. The van der Waals surface area contributed by atoms with Crippen molar-refractivity contribution in [1.29, 1.82) is 0 Å². The maximum atomic E-state index is 8.47. The van der Waals surface area contributed by atoms with E-state index in [0.29, 0.717) is 26.2 Å². The molecule has 90 valence electrons. The van der Waals surface area contributed by atoms with E-state index in [1.165, 1.54) is 0 Å². The Labute approximate surface area is 90.1 Å². The second-order valence-electron chi connectivity index (χ2n) is 3.19. The Bertz CT molecular complexity index is 176. The lowest BCUT2D eigenvalue weighted by molar-refractivity contribution is 0.0926. The highest BCUT2D eigenvalue weighted by Gasteiger charge is 2.07. The van der Waals surface area contributed by atoms with E-state index in [1.54, 1.807) is 0 Å². The molecule has 0 saturated carbocycles. The van der Waals surface area contributed by atoms with Crippen molar-refractivity contribution in [3.8, 4) is 0 Å². The minimum atomic E-state index is 0.0430. The number of amidine groups is 1. The predicted octanol–water partition coefficient (Wildman–Crippen LogP) is -0.500. The smallest absolute Gasteiger partial charge is 0.140 e. The zero-order valence-electron chi connectivity index (χ0n) is 9.15. The van der Waals surface area contributed by atoms with Gasteiger partial charge in [0.05, 0.1) is 19.8 Å². The lowest BCUT2D eigenvalue weighted by Gasteiger charge is -2.15. The van der Waals surface area contributed by atoms with Crippen LogP contribution in [0.1, 0.15) is 19.8 Å². The van der Waals surface area contributed by atoms with E-state index in [9.17, 15) is 0 Å².